The Labute approximate surface area is 107 Å². The third-order valence-corrected chi connectivity index (χ3v) is 3.76. The molecule has 1 spiro atoms. The van der Waals surface area contributed by atoms with Gasteiger partial charge in [0, 0.05) is 11.1 Å². The lowest BCUT2D eigenvalue weighted by Crippen LogP contribution is -2.48. The lowest BCUT2D eigenvalue weighted by Gasteiger charge is -2.19. The van der Waals surface area contributed by atoms with Crippen molar-refractivity contribution in [1.29, 1.82) is 0 Å². The van der Waals surface area contributed by atoms with E-state index in [4.69, 9.17) is 0 Å². The van der Waals surface area contributed by atoms with Crippen molar-refractivity contribution in [2.75, 3.05) is 0 Å². The normalized spacial score (nSPS) is 24.1. The number of fused-ring (bicyclic) bond motifs is 1. The van der Waals surface area contributed by atoms with Crippen molar-refractivity contribution in [3.63, 3.8) is 0 Å². The fraction of sp³-hybridized carbons (Fsp3) is 0.0714. The molecule has 4 rings (SSSR count). The van der Waals surface area contributed by atoms with Crippen LogP contribution >= 0.6 is 0 Å². The molecule has 1 fully saturated rings. The third kappa shape index (κ3) is 0.991. The molecule has 19 heavy (non-hydrogen) atoms. The molecule has 0 saturated carbocycles. The van der Waals surface area contributed by atoms with Crippen molar-refractivity contribution in [1.82, 2.24) is 10.6 Å². The van der Waals surface area contributed by atoms with E-state index in [9.17, 15) is 14.4 Å². The maximum absolute atomic E-state index is 12.6. The Morgan fingerprint density at radius 2 is 1.68 bits per heavy atom. The average molecular weight is 252 g/mol. The Kier molecular flexibility index (Phi) is 1.62. The van der Waals surface area contributed by atoms with E-state index in [0.717, 1.165) is 10.8 Å². The number of ketones is 1. The first-order chi connectivity index (χ1) is 9.14. The van der Waals surface area contributed by atoms with Gasteiger partial charge in [0.2, 0.25) is 11.3 Å². The quantitative estimate of drug-likeness (QED) is 0.544. The summed E-state index contributed by atoms with van der Waals surface area (Å²) in [7, 11) is 0. The Hall–Kier alpha value is -2.69. The number of nitrogens with one attached hydrogen (secondary N) is 2. The molecule has 2 aromatic carbocycles. The van der Waals surface area contributed by atoms with Gasteiger partial charge in [-0.25, -0.2) is 4.79 Å². The molecule has 2 aliphatic rings. The predicted molar refractivity (Wildman–Crippen MR) is 66.6 cm³/mol. The van der Waals surface area contributed by atoms with Gasteiger partial charge in [0.15, 0.2) is 0 Å². The number of imide groups is 1. The average Bonchev–Trinajstić information content (AvgIpc) is 2.83. The smallest absolute Gasteiger partial charge is 0.313 e. The first-order valence-corrected chi connectivity index (χ1v) is 5.85. The molecule has 92 valence electrons. The zero-order valence-corrected chi connectivity index (χ0v) is 9.69. The number of amides is 3. The highest BCUT2D eigenvalue weighted by atomic mass is 16.2. The highest BCUT2D eigenvalue weighted by Gasteiger charge is 2.58. The number of urea groups is 1. The SMILES string of the molecule is O=C1NC(=O)[C@@]2(N1)C(=O)c1cccc3cccc2c13. The van der Waals surface area contributed by atoms with Crippen LogP contribution in [-0.4, -0.2) is 17.7 Å². The van der Waals surface area contributed by atoms with Crippen molar-refractivity contribution < 1.29 is 14.4 Å². The summed E-state index contributed by atoms with van der Waals surface area (Å²) in [5.74, 6) is -0.978. The molecule has 1 atom stereocenters. The summed E-state index contributed by atoms with van der Waals surface area (Å²) in [5.41, 5.74) is -0.556. The minimum Gasteiger partial charge on any atom is -0.313 e. The van der Waals surface area contributed by atoms with Crippen molar-refractivity contribution in [3.05, 3.63) is 47.5 Å². The first kappa shape index (κ1) is 10.3. The van der Waals surface area contributed by atoms with E-state index in [1.165, 1.54) is 0 Å². The van der Waals surface area contributed by atoms with Crippen LogP contribution in [-0.2, 0) is 10.3 Å². The second-order valence-corrected chi connectivity index (χ2v) is 4.70. The van der Waals surface area contributed by atoms with Crippen molar-refractivity contribution in [3.8, 4) is 0 Å². The molecule has 0 radical (unpaired) electrons. The van der Waals surface area contributed by atoms with Gasteiger partial charge in [-0.3, -0.25) is 14.9 Å². The number of hydrogen-bond donors (Lipinski definition) is 2. The number of carbonyl (C=O) groups is 3. The Balaban J connectivity index is 2.15. The largest absolute Gasteiger partial charge is 0.323 e. The van der Waals surface area contributed by atoms with Gasteiger partial charge in [-0.15, -0.1) is 0 Å². The van der Waals surface area contributed by atoms with Crippen molar-refractivity contribution in [2.24, 2.45) is 0 Å². The summed E-state index contributed by atoms with van der Waals surface area (Å²) in [6.07, 6.45) is 0. The molecule has 5 heteroatoms. The van der Waals surface area contributed by atoms with Crippen LogP contribution in [0.3, 0.4) is 0 Å². The maximum atomic E-state index is 12.6. The van der Waals surface area contributed by atoms with Crippen LogP contribution in [0.25, 0.3) is 10.8 Å². The van der Waals surface area contributed by atoms with Gasteiger partial charge in [-0.2, -0.15) is 0 Å². The van der Waals surface area contributed by atoms with E-state index in [-0.39, 0.29) is 5.78 Å². The zero-order valence-electron chi connectivity index (χ0n) is 9.69. The summed E-state index contributed by atoms with van der Waals surface area (Å²) < 4.78 is 0. The number of Topliss-reactive ketones (excluding diaryl/α,β-unsaturated/α-hetero) is 1. The maximum Gasteiger partial charge on any atom is 0.323 e. The van der Waals surface area contributed by atoms with Crippen LogP contribution < -0.4 is 10.6 Å². The van der Waals surface area contributed by atoms with Gasteiger partial charge < -0.3 is 5.32 Å². The number of rotatable bonds is 0. The van der Waals surface area contributed by atoms with Gasteiger partial charge in [0.05, 0.1) is 0 Å². The van der Waals surface area contributed by atoms with Crippen molar-refractivity contribution >= 4 is 28.5 Å². The molecule has 0 unspecified atom stereocenters. The molecule has 1 heterocycles. The molecule has 1 saturated heterocycles. The highest BCUT2D eigenvalue weighted by molar-refractivity contribution is 6.33. The molecular weight excluding hydrogens is 244 g/mol. The second kappa shape index (κ2) is 3.00. The van der Waals surface area contributed by atoms with Crippen LogP contribution in [0.2, 0.25) is 0 Å². The molecule has 1 aliphatic heterocycles. The van der Waals surface area contributed by atoms with E-state index in [1.807, 2.05) is 12.1 Å². The van der Waals surface area contributed by atoms with E-state index >= 15 is 0 Å². The summed E-state index contributed by atoms with van der Waals surface area (Å²) in [6, 6.07) is 10.1. The molecule has 2 aromatic rings. The third-order valence-electron chi connectivity index (χ3n) is 3.76. The highest BCUT2D eigenvalue weighted by Crippen LogP contribution is 2.42. The second-order valence-electron chi connectivity index (χ2n) is 4.70. The van der Waals surface area contributed by atoms with Crippen LogP contribution in [0.1, 0.15) is 15.9 Å². The number of benzene rings is 2. The Morgan fingerprint density at radius 1 is 0.947 bits per heavy atom. The topological polar surface area (TPSA) is 75.3 Å². The number of hydrogen-bond acceptors (Lipinski definition) is 3. The van der Waals surface area contributed by atoms with Gasteiger partial charge in [-0.1, -0.05) is 36.4 Å². The predicted octanol–water partition coefficient (Wildman–Crippen LogP) is 1.07. The fourth-order valence-corrected chi connectivity index (χ4v) is 2.97. The lowest BCUT2D eigenvalue weighted by atomic mass is 9.90. The standard InChI is InChI=1S/C14H8N2O3/c17-11-8-5-1-3-7-4-2-6-9(10(7)8)14(11)12(18)15-13(19)16-14/h1-6H,(H2,15,16,18,19)/t14-/m0/s1. The van der Waals surface area contributed by atoms with Crippen LogP contribution in [0.15, 0.2) is 36.4 Å². The molecule has 0 bridgehead atoms. The summed E-state index contributed by atoms with van der Waals surface area (Å²) in [4.78, 5) is 36.1. The molecule has 5 nitrogen and oxygen atoms in total. The number of carbonyl (C=O) groups excluding carboxylic acids is 3. The van der Waals surface area contributed by atoms with E-state index < -0.39 is 17.5 Å². The first-order valence-electron chi connectivity index (χ1n) is 5.85. The Morgan fingerprint density at radius 3 is 2.37 bits per heavy atom. The molecular formula is C14H8N2O3. The van der Waals surface area contributed by atoms with Gasteiger partial charge in [0.25, 0.3) is 5.91 Å². The summed E-state index contributed by atoms with van der Waals surface area (Å²) in [5, 5.41) is 6.26. The fourth-order valence-electron chi connectivity index (χ4n) is 2.97. The van der Waals surface area contributed by atoms with E-state index in [0.29, 0.717) is 11.1 Å². The van der Waals surface area contributed by atoms with E-state index in [2.05, 4.69) is 10.6 Å². The van der Waals surface area contributed by atoms with Crippen LogP contribution in [0.5, 0.6) is 0 Å². The van der Waals surface area contributed by atoms with Crippen LogP contribution in [0.4, 0.5) is 4.79 Å². The van der Waals surface area contributed by atoms with Gasteiger partial charge in [-0.05, 0) is 10.8 Å². The Bertz CT molecular complexity index is 791. The lowest BCUT2D eigenvalue weighted by molar-refractivity contribution is -0.122. The van der Waals surface area contributed by atoms with Gasteiger partial charge in [0.1, 0.15) is 0 Å². The summed E-state index contributed by atoms with van der Waals surface area (Å²) >= 11 is 0. The van der Waals surface area contributed by atoms with Gasteiger partial charge >= 0.3 is 6.03 Å². The molecule has 1 aliphatic carbocycles. The minimum atomic E-state index is -1.58. The zero-order chi connectivity index (χ0) is 13.2. The van der Waals surface area contributed by atoms with Crippen molar-refractivity contribution in [2.45, 2.75) is 5.54 Å². The summed E-state index contributed by atoms with van der Waals surface area (Å²) in [6.45, 7) is 0. The minimum absolute atomic E-state index is 0.373. The van der Waals surface area contributed by atoms with E-state index in [1.54, 1.807) is 24.3 Å². The molecule has 0 aromatic heterocycles. The molecule has 2 N–H and O–H groups in total. The molecule has 3 amide bonds. The van der Waals surface area contributed by atoms with Crippen LogP contribution in [0, 0.1) is 0 Å². The monoisotopic (exact) mass is 252 g/mol.